The van der Waals surface area contributed by atoms with Gasteiger partial charge in [-0.05, 0) is 36.2 Å². The molecule has 3 N–H and O–H groups in total. The Kier molecular flexibility index (Phi) is 7.60. The van der Waals surface area contributed by atoms with E-state index in [9.17, 15) is 4.79 Å². The number of nitrogen functional groups attached to an aromatic ring is 1. The third-order valence-electron chi connectivity index (χ3n) is 6.00. The average molecular weight is 472 g/mol. The van der Waals surface area contributed by atoms with E-state index in [4.69, 9.17) is 15.7 Å². The Morgan fingerprint density at radius 2 is 1.71 bits per heavy atom. The first-order chi connectivity index (χ1) is 17.0. The van der Waals surface area contributed by atoms with Crippen LogP contribution in [0.1, 0.15) is 54.9 Å². The van der Waals surface area contributed by atoms with E-state index in [0.29, 0.717) is 34.3 Å². The molecule has 1 amide bonds. The molecule has 35 heavy (non-hydrogen) atoms. The number of rotatable bonds is 10. The number of carbonyl (C=O) groups excluding carboxylic acids is 1. The number of nitrogens with one attached hydrogen (secondary N) is 1. The van der Waals surface area contributed by atoms with Crippen molar-refractivity contribution in [3.63, 3.8) is 0 Å². The van der Waals surface area contributed by atoms with E-state index in [1.54, 1.807) is 6.21 Å². The summed E-state index contributed by atoms with van der Waals surface area (Å²) >= 11 is 0. The lowest BCUT2D eigenvalue weighted by molar-refractivity contribution is 0.0955. The van der Waals surface area contributed by atoms with E-state index >= 15 is 0 Å². The third kappa shape index (κ3) is 5.42. The number of unbranched alkanes of at least 4 members (excludes halogenated alkanes) is 4. The molecule has 0 unspecified atom stereocenters. The van der Waals surface area contributed by atoms with Crippen molar-refractivity contribution in [3.05, 3.63) is 59.7 Å². The molecule has 4 rings (SSSR count). The van der Waals surface area contributed by atoms with Crippen LogP contribution in [-0.2, 0) is 0 Å². The highest BCUT2D eigenvalue weighted by atomic mass is 16.1. The molecule has 0 atom stereocenters. The van der Waals surface area contributed by atoms with Crippen LogP contribution in [0.5, 0.6) is 0 Å². The molecule has 2 aromatic carbocycles. The molecule has 0 fully saturated rings. The molecule has 0 spiro atoms. The molecule has 2 heterocycles. The van der Waals surface area contributed by atoms with Crippen LogP contribution in [0.2, 0.25) is 0 Å². The van der Waals surface area contributed by atoms with E-state index in [0.717, 1.165) is 24.1 Å². The van der Waals surface area contributed by atoms with Crippen molar-refractivity contribution in [2.45, 2.75) is 39.0 Å². The van der Waals surface area contributed by atoms with Gasteiger partial charge in [-0.2, -0.15) is 9.78 Å². The second kappa shape index (κ2) is 11.0. The number of nitrogens with zero attached hydrogens (tertiary/aromatic N) is 5. The van der Waals surface area contributed by atoms with Crippen LogP contribution in [-0.4, -0.2) is 47.4 Å². The Hall–Kier alpha value is -3.94. The molecule has 8 heteroatoms. The fraction of sp³-hybridized carbons (Fsp3) is 0.333. The van der Waals surface area contributed by atoms with Crippen LogP contribution < -0.4 is 16.0 Å². The Balaban J connectivity index is 1.68. The van der Waals surface area contributed by atoms with E-state index in [2.05, 4.69) is 17.3 Å². The van der Waals surface area contributed by atoms with Gasteiger partial charge in [0, 0.05) is 26.3 Å². The van der Waals surface area contributed by atoms with Crippen LogP contribution in [0.25, 0.3) is 22.2 Å². The SMILES string of the molecule is CCCCCCCNC(=O)c1c(N)n(/N=C/c2ccc(N(C)C)cc2)c2nc3ccccc3nc12. The van der Waals surface area contributed by atoms with Crippen molar-refractivity contribution in [3.8, 4) is 0 Å². The number of hydrogen-bond acceptors (Lipinski definition) is 6. The molecule has 2 aromatic heterocycles. The van der Waals surface area contributed by atoms with Crippen LogP contribution in [0.4, 0.5) is 11.5 Å². The van der Waals surface area contributed by atoms with Crippen LogP contribution in [0.3, 0.4) is 0 Å². The Morgan fingerprint density at radius 3 is 2.40 bits per heavy atom. The average Bonchev–Trinajstić information content (AvgIpc) is 3.13. The Morgan fingerprint density at radius 1 is 1.03 bits per heavy atom. The molecule has 0 saturated heterocycles. The van der Waals surface area contributed by atoms with E-state index < -0.39 is 0 Å². The molecule has 0 radical (unpaired) electrons. The summed E-state index contributed by atoms with van der Waals surface area (Å²) < 4.78 is 1.50. The number of para-hydroxylation sites is 2. The first-order valence-corrected chi connectivity index (χ1v) is 12.2. The first kappa shape index (κ1) is 24.2. The second-order valence-corrected chi connectivity index (χ2v) is 8.86. The number of fused-ring (bicyclic) bond motifs is 2. The minimum absolute atomic E-state index is 0.222. The van der Waals surface area contributed by atoms with Crippen LogP contribution in [0.15, 0.2) is 53.6 Å². The van der Waals surface area contributed by atoms with Crippen molar-refractivity contribution in [1.29, 1.82) is 0 Å². The molecular weight excluding hydrogens is 438 g/mol. The summed E-state index contributed by atoms with van der Waals surface area (Å²) in [6, 6.07) is 15.6. The minimum Gasteiger partial charge on any atom is -0.383 e. The summed E-state index contributed by atoms with van der Waals surface area (Å²) in [5, 5.41) is 7.59. The molecule has 0 aliphatic carbocycles. The van der Waals surface area contributed by atoms with E-state index in [-0.39, 0.29) is 11.7 Å². The number of hydrogen-bond donors (Lipinski definition) is 2. The maximum atomic E-state index is 13.2. The zero-order valence-electron chi connectivity index (χ0n) is 20.7. The number of nitrogens with two attached hydrogens (primary N) is 1. The molecule has 0 bridgehead atoms. The maximum Gasteiger partial charge on any atom is 0.257 e. The lowest BCUT2D eigenvalue weighted by atomic mass is 10.1. The Bertz CT molecular complexity index is 1340. The highest BCUT2D eigenvalue weighted by Crippen LogP contribution is 2.28. The van der Waals surface area contributed by atoms with Crippen molar-refractivity contribution in [2.24, 2.45) is 5.10 Å². The zero-order chi connectivity index (χ0) is 24.8. The van der Waals surface area contributed by atoms with E-state index in [1.165, 1.54) is 23.9 Å². The molecule has 8 nitrogen and oxygen atoms in total. The number of amides is 1. The predicted octanol–water partition coefficient (Wildman–Crippen LogP) is 4.82. The summed E-state index contributed by atoms with van der Waals surface area (Å²) in [6.07, 6.45) is 7.31. The van der Waals surface area contributed by atoms with Crippen molar-refractivity contribution < 1.29 is 4.79 Å². The second-order valence-electron chi connectivity index (χ2n) is 8.86. The summed E-state index contributed by atoms with van der Waals surface area (Å²) in [4.78, 5) is 24.7. The lowest BCUT2D eigenvalue weighted by Crippen LogP contribution is -2.25. The maximum absolute atomic E-state index is 13.2. The van der Waals surface area contributed by atoms with E-state index in [1.807, 2.05) is 67.5 Å². The summed E-state index contributed by atoms with van der Waals surface area (Å²) in [5.74, 6) is -0.0307. The number of aromatic nitrogens is 3. The zero-order valence-corrected chi connectivity index (χ0v) is 20.7. The van der Waals surface area contributed by atoms with Gasteiger partial charge in [0.05, 0.1) is 17.2 Å². The standard InChI is InChI=1S/C27H33N7O/c1-4-5-6-7-10-17-29-27(35)23-24-26(32-22-12-9-8-11-21(22)31-24)34(25(23)28)30-18-19-13-15-20(16-14-19)33(2)3/h8-9,11-16,18H,4-7,10,17,28H2,1-3H3,(H,29,35)/b30-18+. The minimum atomic E-state index is -0.253. The summed E-state index contributed by atoms with van der Waals surface area (Å²) in [7, 11) is 3.99. The van der Waals surface area contributed by atoms with Gasteiger partial charge in [0.15, 0.2) is 5.65 Å². The van der Waals surface area contributed by atoms with Gasteiger partial charge in [-0.3, -0.25) is 4.79 Å². The lowest BCUT2D eigenvalue weighted by Gasteiger charge is -2.11. The number of benzene rings is 2. The summed E-state index contributed by atoms with van der Waals surface area (Å²) in [6.45, 7) is 2.78. The topological polar surface area (TPSA) is 101 Å². The monoisotopic (exact) mass is 471 g/mol. The molecule has 182 valence electrons. The van der Waals surface area contributed by atoms with Gasteiger partial charge in [0.2, 0.25) is 0 Å². The number of carbonyl (C=O) groups is 1. The molecule has 0 aliphatic heterocycles. The molecule has 4 aromatic rings. The third-order valence-corrected chi connectivity index (χ3v) is 6.00. The molecular formula is C27H33N7O. The van der Waals surface area contributed by atoms with Gasteiger partial charge in [-0.1, -0.05) is 56.9 Å². The van der Waals surface area contributed by atoms with Gasteiger partial charge in [-0.15, -0.1) is 0 Å². The number of anilines is 2. The quantitative estimate of drug-likeness (QED) is 0.255. The highest BCUT2D eigenvalue weighted by Gasteiger charge is 2.23. The first-order valence-electron chi connectivity index (χ1n) is 12.2. The fourth-order valence-corrected chi connectivity index (χ4v) is 3.99. The normalized spacial score (nSPS) is 11.5. The van der Waals surface area contributed by atoms with Crippen molar-refractivity contribution in [1.82, 2.24) is 20.0 Å². The van der Waals surface area contributed by atoms with Crippen LogP contribution >= 0.6 is 0 Å². The van der Waals surface area contributed by atoms with Gasteiger partial charge in [0.1, 0.15) is 16.9 Å². The smallest absolute Gasteiger partial charge is 0.257 e. The van der Waals surface area contributed by atoms with Crippen molar-refractivity contribution >= 4 is 45.8 Å². The van der Waals surface area contributed by atoms with Gasteiger partial charge in [0.25, 0.3) is 5.91 Å². The highest BCUT2D eigenvalue weighted by molar-refractivity contribution is 6.10. The largest absolute Gasteiger partial charge is 0.383 e. The van der Waals surface area contributed by atoms with Crippen molar-refractivity contribution in [2.75, 3.05) is 31.3 Å². The Labute approximate surface area is 205 Å². The molecule has 0 aliphatic rings. The van der Waals surface area contributed by atoms with Gasteiger partial charge in [-0.25, -0.2) is 9.97 Å². The van der Waals surface area contributed by atoms with Gasteiger partial charge < -0.3 is 16.0 Å². The summed E-state index contributed by atoms with van der Waals surface area (Å²) in [5.41, 5.74) is 11.1. The van der Waals surface area contributed by atoms with Gasteiger partial charge >= 0.3 is 0 Å². The predicted molar refractivity (Wildman–Crippen MR) is 144 cm³/mol. The molecule has 0 saturated carbocycles. The van der Waals surface area contributed by atoms with Crippen LogP contribution in [0, 0.1) is 0 Å². The fourth-order valence-electron chi connectivity index (χ4n) is 3.99.